The van der Waals surface area contributed by atoms with Crippen LogP contribution in [0.15, 0.2) is 16.7 Å². The summed E-state index contributed by atoms with van der Waals surface area (Å²) in [7, 11) is 0. The van der Waals surface area contributed by atoms with Crippen LogP contribution in [0.25, 0.3) is 0 Å². The Morgan fingerprint density at radius 1 is 1.64 bits per heavy atom. The summed E-state index contributed by atoms with van der Waals surface area (Å²) < 4.78 is 14.2. The maximum atomic E-state index is 13.3. The van der Waals surface area contributed by atoms with Crippen molar-refractivity contribution >= 4 is 21.7 Å². The molecule has 0 atom stereocenters. The van der Waals surface area contributed by atoms with Crippen LogP contribution in [0, 0.1) is 6.92 Å². The molecule has 76 valence electrons. The van der Waals surface area contributed by atoms with Crippen molar-refractivity contribution in [1.29, 1.82) is 0 Å². The van der Waals surface area contributed by atoms with E-state index in [1.807, 2.05) is 13.0 Å². The van der Waals surface area contributed by atoms with E-state index in [1.54, 1.807) is 6.20 Å². The first-order valence-electron chi connectivity index (χ1n) is 4.64. The fourth-order valence-corrected chi connectivity index (χ4v) is 1.82. The number of hydrogen-bond acceptors (Lipinski definition) is 2. The molecule has 2 nitrogen and oxygen atoms in total. The predicted molar refractivity (Wildman–Crippen MR) is 58.2 cm³/mol. The molecule has 0 amide bonds. The van der Waals surface area contributed by atoms with Crippen LogP contribution >= 0.6 is 15.9 Å². The number of rotatable bonds is 3. The topological polar surface area (TPSA) is 24.9 Å². The molecule has 0 unspecified atom stereocenters. The lowest BCUT2D eigenvalue weighted by Gasteiger charge is -2.09. The van der Waals surface area contributed by atoms with Gasteiger partial charge in [-0.25, -0.2) is 9.37 Å². The van der Waals surface area contributed by atoms with Gasteiger partial charge in [-0.3, -0.25) is 0 Å². The first-order valence-corrected chi connectivity index (χ1v) is 5.43. The summed E-state index contributed by atoms with van der Waals surface area (Å²) in [6.07, 6.45) is 3.11. The second-order valence-corrected chi connectivity index (χ2v) is 4.70. The maximum Gasteiger partial charge on any atom is 0.140 e. The van der Waals surface area contributed by atoms with Crippen LogP contribution in [0.2, 0.25) is 0 Å². The molecular formula is C10H12BrFN2. The van der Waals surface area contributed by atoms with Crippen molar-refractivity contribution in [3.8, 4) is 0 Å². The fraction of sp³-hybridized carbons (Fsp3) is 0.500. The number of halogens is 2. The molecule has 0 radical (unpaired) electrons. The molecule has 1 fully saturated rings. The monoisotopic (exact) mass is 258 g/mol. The summed E-state index contributed by atoms with van der Waals surface area (Å²) in [6.45, 7) is 2.33. The molecule has 0 spiro atoms. The number of aryl methyl sites for hydroxylation is 1. The van der Waals surface area contributed by atoms with Gasteiger partial charge in [0.2, 0.25) is 0 Å². The van der Waals surface area contributed by atoms with Crippen molar-refractivity contribution in [1.82, 2.24) is 4.98 Å². The number of nitrogens with one attached hydrogen (secondary N) is 1. The summed E-state index contributed by atoms with van der Waals surface area (Å²) in [4.78, 5) is 4.18. The van der Waals surface area contributed by atoms with Crippen molar-refractivity contribution in [2.45, 2.75) is 25.4 Å². The Morgan fingerprint density at radius 3 is 2.93 bits per heavy atom. The van der Waals surface area contributed by atoms with Gasteiger partial charge in [0.05, 0.1) is 11.0 Å². The van der Waals surface area contributed by atoms with Crippen molar-refractivity contribution < 1.29 is 4.39 Å². The number of anilines is 1. The first-order chi connectivity index (χ1) is 6.59. The molecule has 0 aliphatic heterocycles. The quantitative estimate of drug-likeness (QED) is 0.902. The Labute approximate surface area is 91.1 Å². The van der Waals surface area contributed by atoms with Crippen LogP contribution in [0.1, 0.15) is 18.4 Å². The SMILES string of the molecule is Cc1cnc(NCC2(F)CC2)c(Br)c1. The minimum atomic E-state index is -0.980. The second-order valence-electron chi connectivity index (χ2n) is 3.85. The number of pyridine rings is 1. The fourth-order valence-electron chi connectivity index (χ4n) is 1.22. The van der Waals surface area contributed by atoms with E-state index in [9.17, 15) is 4.39 Å². The van der Waals surface area contributed by atoms with Gasteiger partial charge in [-0.05, 0) is 47.3 Å². The molecule has 1 aliphatic rings. The zero-order chi connectivity index (χ0) is 10.2. The van der Waals surface area contributed by atoms with Crippen LogP contribution < -0.4 is 5.32 Å². The minimum absolute atomic E-state index is 0.363. The standard InChI is InChI=1S/C10H12BrFN2/c1-7-4-8(11)9(13-5-7)14-6-10(12)2-3-10/h4-5H,2-3,6H2,1H3,(H,13,14). The summed E-state index contributed by atoms with van der Waals surface area (Å²) >= 11 is 3.39. The molecule has 4 heteroatoms. The third-order valence-electron chi connectivity index (χ3n) is 2.34. The molecular weight excluding hydrogens is 247 g/mol. The van der Waals surface area contributed by atoms with Crippen LogP contribution in [0.3, 0.4) is 0 Å². The number of hydrogen-bond donors (Lipinski definition) is 1. The molecule has 1 saturated carbocycles. The molecule has 1 aliphatic carbocycles. The zero-order valence-corrected chi connectivity index (χ0v) is 9.57. The molecule has 0 bridgehead atoms. The minimum Gasteiger partial charge on any atom is -0.366 e. The van der Waals surface area contributed by atoms with E-state index in [0.717, 1.165) is 15.9 Å². The Morgan fingerprint density at radius 2 is 2.36 bits per heavy atom. The van der Waals surface area contributed by atoms with E-state index in [1.165, 1.54) is 0 Å². The van der Waals surface area contributed by atoms with Crippen molar-refractivity contribution in [3.63, 3.8) is 0 Å². The van der Waals surface area contributed by atoms with Gasteiger partial charge in [0.1, 0.15) is 11.5 Å². The van der Waals surface area contributed by atoms with E-state index < -0.39 is 5.67 Å². The van der Waals surface area contributed by atoms with Gasteiger partial charge in [-0.15, -0.1) is 0 Å². The average molecular weight is 259 g/mol. The Kier molecular flexibility index (Phi) is 2.47. The number of alkyl halides is 1. The van der Waals surface area contributed by atoms with Gasteiger partial charge < -0.3 is 5.32 Å². The normalized spacial score (nSPS) is 17.9. The molecule has 14 heavy (non-hydrogen) atoms. The molecule has 0 aromatic carbocycles. The van der Waals surface area contributed by atoms with E-state index >= 15 is 0 Å². The summed E-state index contributed by atoms with van der Waals surface area (Å²) in [5, 5.41) is 3.01. The smallest absolute Gasteiger partial charge is 0.140 e. The summed E-state index contributed by atoms with van der Waals surface area (Å²) in [6, 6.07) is 1.97. The van der Waals surface area contributed by atoms with Crippen molar-refractivity contribution in [2.24, 2.45) is 0 Å². The van der Waals surface area contributed by atoms with Crippen LogP contribution in [0.4, 0.5) is 10.2 Å². The number of nitrogens with zero attached hydrogens (tertiary/aromatic N) is 1. The third-order valence-corrected chi connectivity index (χ3v) is 2.95. The highest BCUT2D eigenvalue weighted by molar-refractivity contribution is 9.10. The Bertz CT molecular complexity index is 350. The second kappa shape index (κ2) is 3.50. The molecule has 2 rings (SSSR count). The van der Waals surface area contributed by atoms with Gasteiger partial charge in [0.15, 0.2) is 0 Å². The summed E-state index contributed by atoms with van der Waals surface area (Å²) in [5.74, 6) is 0.722. The Balaban J connectivity index is 2.02. The number of aromatic nitrogens is 1. The lowest BCUT2D eigenvalue weighted by atomic mass is 10.3. The lowest BCUT2D eigenvalue weighted by molar-refractivity contribution is 0.326. The molecule has 1 aromatic heterocycles. The van der Waals surface area contributed by atoms with Gasteiger partial charge in [0, 0.05) is 6.20 Å². The third kappa shape index (κ3) is 2.23. The van der Waals surface area contributed by atoms with E-state index in [0.29, 0.717) is 19.4 Å². The van der Waals surface area contributed by atoms with Gasteiger partial charge in [-0.1, -0.05) is 0 Å². The maximum absolute atomic E-state index is 13.3. The zero-order valence-electron chi connectivity index (χ0n) is 7.98. The van der Waals surface area contributed by atoms with Gasteiger partial charge in [0.25, 0.3) is 0 Å². The molecule has 1 aromatic rings. The van der Waals surface area contributed by atoms with Crippen LogP contribution in [-0.2, 0) is 0 Å². The largest absolute Gasteiger partial charge is 0.366 e. The van der Waals surface area contributed by atoms with Crippen LogP contribution in [-0.4, -0.2) is 17.2 Å². The van der Waals surface area contributed by atoms with Gasteiger partial charge in [-0.2, -0.15) is 0 Å². The van der Waals surface area contributed by atoms with E-state index in [2.05, 4.69) is 26.2 Å². The average Bonchev–Trinajstić information content (AvgIpc) is 2.83. The highest BCUT2D eigenvalue weighted by atomic mass is 79.9. The molecule has 1 heterocycles. The predicted octanol–water partition coefficient (Wildman–Crippen LogP) is 3.07. The summed E-state index contributed by atoms with van der Waals surface area (Å²) in [5.41, 5.74) is 0.107. The van der Waals surface area contributed by atoms with Crippen molar-refractivity contribution in [3.05, 3.63) is 22.3 Å². The van der Waals surface area contributed by atoms with Gasteiger partial charge >= 0.3 is 0 Å². The van der Waals surface area contributed by atoms with E-state index in [-0.39, 0.29) is 0 Å². The molecule has 1 N–H and O–H groups in total. The molecule has 0 saturated heterocycles. The highest BCUT2D eigenvalue weighted by Gasteiger charge is 2.42. The van der Waals surface area contributed by atoms with E-state index in [4.69, 9.17) is 0 Å². The Hall–Kier alpha value is -0.640. The van der Waals surface area contributed by atoms with Crippen LogP contribution in [0.5, 0.6) is 0 Å². The van der Waals surface area contributed by atoms with Crippen molar-refractivity contribution in [2.75, 3.05) is 11.9 Å². The first kappa shape index (κ1) is 9.90. The lowest BCUT2D eigenvalue weighted by Crippen LogP contribution is -2.16. The highest BCUT2D eigenvalue weighted by Crippen LogP contribution is 2.39.